The van der Waals surface area contributed by atoms with Gasteiger partial charge in [-0.05, 0) is 61.5 Å². The number of anilines is 1. The van der Waals surface area contributed by atoms with E-state index < -0.39 is 0 Å². The number of hydrogen-bond acceptors (Lipinski definition) is 4. The van der Waals surface area contributed by atoms with Crippen molar-refractivity contribution in [3.05, 3.63) is 50.9 Å². The molecule has 0 spiro atoms. The third-order valence-corrected chi connectivity index (χ3v) is 5.10. The lowest BCUT2D eigenvalue weighted by Crippen LogP contribution is -2.13. The van der Waals surface area contributed by atoms with E-state index in [1.807, 2.05) is 24.3 Å². The van der Waals surface area contributed by atoms with Crippen LogP contribution in [0.4, 0.5) is 5.69 Å². The fourth-order valence-corrected chi connectivity index (χ4v) is 3.78. The number of carbonyl (C=O) groups is 2. The van der Waals surface area contributed by atoms with Crippen molar-refractivity contribution in [3.8, 4) is 11.1 Å². The number of methoxy groups -OCH3 is 1. The van der Waals surface area contributed by atoms with Crippen LogP contribution >= 0.6 is 31.9 Å². The molecule has 0 bridgehead atoms. The number of amides is 1. The summed E-state index contributed by atoms with van der Waals surface area (Å²) in [6.07, 6.45) is 0.859. The van der Waals surface area contributed by atoms with Gasteiger partial charge in [-0.25, -0.2) is 0 Å². The second-order valence-electron chi connectivity index (χ2n) is 5.78. The molecule has 2 aromatic rings. The van der Waals surface area contributed by atoms with Crippen molar-refractivity contribution in [2.75, 3.05) is 12.4 Å². The number of amidine groups is 1. The van der Waals surface area contributed by atoms with E-state index >= 15 is 0 Å². The average Bonchev–Trinajstić information content (AvgIpc) is 2.64. The van der Waals surface area contributed by atoms with Gasteiger partial charge >= 0.3 is 5.97 Å². The van der Waals surface area contributed by atoms with Crippen LogP contribution < -0.4 is 11.1 Å². The minimum atomic E-state index is -0.328. The largest absolute Gasteiger partial charge is 0.469 e. The third kappa shape index (κ3) is 5.90. The maximum absolute atomic E-state index is 12.1. The highest BCUT2D eigenvalue weighted by Gasteiger charge is 2.13. The molecule has 0 aromatic heterocycles. The molecule has 0 heterocycles. The van der Waals surface area contributed by atoms with Gasteiger partial charge in [0.15, 0.2) is 0 Å². The third-order valence-electron chi connectivity index (χ3n) is 3.85. The molecule has 0 atom stereocenters. The Morgan fingerprint density at radius 1 is 1.07 bits per heavy atom. The Morgan fingerprint density at radius 3 is 2.19 bits per heavy atom. The zero-order valence-corrected chi connectivity index (χ0v) is 17.8. The van der Waals surface area contributed by atoms with Crippen LogP contribution in [0.1, 0.15) is 24.8 Å². The number of hydrogen-bond donors (Lipinski definition) is 3. The number of nitrogens with two attached hydrogens (primary N) is 1. The average molecular weight is 497 g/mol. The molecule has 0 radical (unpaired) electrons. The van der Waals surface area contributed by atoms with Crippen LogP contribution in [0.25, 0.3) is 11.1 Å². The Kier molecular flexibility index (Phi) is 7.55. The summed E-state index contributed by atoms with van der Waals surface area (Å²) < 4.78 is 6.01. The van der Waals surface area contributed by atoms with Crippen LogP contribution in [0.5, 0.6) is 0 Å². The number of carbonyl (C=O) groups excluding carboxylic acids is 2. The van der Waals surface area contributed by atoms with Gasteiger partial charge in [-0.15, -0.1) is 0 Å². The molecule has 1 amide bonds. The standard InChI is InChI=1S/C19H19Br2N3O3/c1-27-17(26)4-2-3-16(25)24-18-14(20)9-13(10-15(18)21)11-5-7-12(8-6-11)19(22)23/h5-10H,2-4H2,1H3,(H3,22,23)(H,24,25). The number of rotatable bonds is 7. The molecule has 0 unspecified atom stereocenters. The quantitative estimate of drug-likeness (QED) is 0.299. The van der Waals surface area contributed by atoms with Gasteiger partial charge in [0, 0.05) is 27.4 Å². The first-order valence-electron chi connectivity index (χ1n) is 8.12. The molecule has 8 heteroatoms. The molecule has 4 N–H and O–H groups in total. The van der Waals surface area contributed by atoms with Crippen LogP contribution in [0.15, 0.2) is 45.3 Å². The molecule has 0 aliphatic rings. The van der Waals surface area contributed by atoms with E-state index in [0.29, 0.717) is 17.7 Å². The Bertz CT molecular complexity index is 844. The summed E-state index contributed by atoms with van der Waals surface area (Å²) in [5.74, 6) is -0.488. The van der Waals surface area contributed by atoms with E-state index in [0.717, 1.165) is 20.1 Å². The Morgan fingerprint density at radius 2 is 1.67 bits per heavy atom. The van der Waals surface area contributed by atoms with Crippen LogP contribution in [0, 0.1) is 5.41 Å². The van der Waals surface area contributed by atoms with Gasteiger partial charge in [-0.3, -0.25) is 15.0 Å². The van der Waals surface area contributed by atoms with Crippen molar-refractivity contribution in [3.63, 3.8) is 0 Å². The van der Waals surface area contributed by atoms with Gasteiger partial charge in [0.1, 0.15) is 5.84 Å². The Hall–Kier alpha value is -2.19. The zero-order valence-electron chi connectivity index (χ0n) is 14.6. The Balaban J connectivity index is 2.11. The summed E-state index contributed by atoms with van der Waals surface area (Å²) in [6.45, 7) is 0. The summed E-state index contributed by atoms with van der Waals surface area (Å²) in [5.41, 5.74) is 8.66. The first-order valence-corrected chi connectivity index (χ1v) is 9.71. The fourth-order valence-electron chi connectivity index (χ4n) is 2.40. The SMILES string of the molecule is COC(=O)CCCC(=O)Nc1c(Br)cc(-c2ccc(C(=N)N)cc2)cc1Br. The molecule has 2 aromatic carbocycles. The monoisotopic (exact) mass is 495 g/mol. The van der Waals surface area contributed by atoms with Crippen molar-refractivity contribution < 1.29 is 14.3 Å². The first kappa shape index (κ1) is 21.1. The molecule has 2 rings (SSSR count). The van der Waals surface area contributed by atoms with Crippen molar-refractivity contribution in [2.24, 2.45) is 5.73 Å². The number of esters is 1. The smallest absolute Gasteiger partial charge is 0.305 e. The zero-order chi connectivity index (χ0) is 20.0. The molecule has 0 aliphatic heterocycles. The van der Waals surface area contributed by atoms with Crippen molar-refractivity contribution in [1.82, 2.24) is 0 Å². The summed E-state index contributed by atoms with van der Waals surface area (Å²) in [6, 6.07) is 11.1. The second kappa shape index (κ2) is 9.66. The molecular formula is C19H19Br2N3O3. The van der Waals surface area contributed by atoms with Gasteiger partial charge in [0.25, 0.3) is 0 Å². The number of nitrogen functional groups attached to an aromatic ring is 1. The van der Waals surface area contributed by atoms with E-state index in [9.17, 15) is 9.59 Å². The first-order chi connectivity index (χ1) is 12.8. The molecule has 0 saturated heterocycles. The minimum Gasteiger partial charge on any atom is -0.469 e. The number of halogens is 2. The van der Waals surface area contributed by atoms with Gasteiger partial charge < -0.3 is 15.8 Å². The molecule has 0 aliphatic carbocycles. The lowest BCUT2D eigenvalue weighted by Gasteiger charge is -2.12. The summed E-state index contributed by atoms with van der Waals surface area (Å²) in [7, 11) is 1.33. The fraction of sp³-hybridized carbons (Fsp3) is 0.211. The van der Waals surface area contributed by atoms with Crippen molar-refractivity contribution in [1.29, 1.82) is 5.41 Å². The minimum absolute atomic E-state index is 0.0224. The predicted octanol–water partition coefficient (Wildman–Crippen LogP) is 4.44. The van der Waals surface area contributed by atoms with Gasteiger partial charge in [-0.2, -0.15) is 0 Å². The summed E-state index contributed by atoms with van der Waals surface area (Å²) in [4.78, 5) is 23.2. The van der Waals surface area contributed by atoms with E-state index in [-0.39, 0.29) is 30.6 Å². The summed E-state index contributed by atoms with van der Waals surface area (Å²) in [5, 5.41) is 10.3. The lowest BCUT2D eigenvalue weighted by atomic mass is 10.0. The van der Waals surface area contributed by atoms with Crippen molar-refractivity contribution in [2.45, 2.75) is 19.3 Å². The highest BCUT2D eigenvalue weighted by atomic mass is 79.9. The lowest BCUT2D eigenvalue weighted by molar-refractivity contribution is -0.140. The molecule has 27 heavy (non-hydrogen) atoms. The molecular weight excluding hydrogens is 478 g/mol. The highest BCUT2D eigenvalue weighted by molar-refractivity contribution is 9.11. The summed E-state index contributed by atoms with van der Waals surface area (Å²) >= 11 is 6.98. The van der Waals surface area contributed by atoms with E-state index in [1.165, 1.54) is 7.11 Å². The van der Waals surface area contributed by atoms with Crippen LogP contribution in [0.2, 0.25) is 0 Å². The van der Waals surface area contributed by atoms with E-state index in [4.69, 9.17) is 11.1 Å². The molecule has 0 fully saturated rings. The van der Waals surface area contributed by atoms with Crippen molar-refractivity contribution >= 4 is 55.3 Å². The van der Waals surface area contributed by atoms with Crippen LogP contribution in [0.3, 0.4) is 0 Å². The van der Waals surface area contributed by atoms with E-state index in [2.05, 4.69) is 41.9 Å². The van der Waals surface area contributed by atoms with Gasteiger partial charge in [0.05, 0.1) is 12.8 Å². The number of benzene rings is 2. The molecule has 0 saturated carbocycles. The molecule has 142 valence electrons. The number of ether oxygens (including phenoxy) is 1. The maximum Gasteiger partial charge on any atom is 0.305 e. The second-order valence-corrected chi connectivity index (χ2v) is 7.49. The molecule has 6 nitrogen and oxygen atoms in total. The normalized spacial score (nSPS) is 10.3. The van der Waals surface area contributed by atoms with Gasteiger partial charge in [-0.1, -0.05) is 24.3 Å². The maximum atomic E-state index is 12.1. The highest BCUT2D eigenvalue weighted by Crippen LogP contribution is 2.36. The topological polar surface area (TPSA) is 105 Å². The predicted molar refractivity (Wildman–Crippen MR) is 113 cm³/mol. The van der Waals surface area contributed by atoms with Gasteiger partial charge in [0.2, 0.25) is 5.91 Å². The van der Waals surface area contributed by atoms with E-state index in [1.54, 1.807) is 12.1 Å². The van der Waals surface area contributed by atoms with Crippen LogP contribution in [-0.4, -0.2) is 24.8 Å². The Labute approximate surface area is 174 Å². The number of nitrogens with one attached hydrogen (secondary N) is 2. The van der Waals surface area contributed by atoms with Crippen LogP contribution in [-0.2, 0) is 14.3 Å².